The topological polar surface area (TPSA) is 39.2 Å². The molecule has 0 fully saturated rings. The van der Waals surface area contributed by atoms with Crippen molar-refractivity contribution < 1.29 is 8.83 Å². The summed E-state index contributed by atoms with van der Waals surface area (Å²) in [6.45, 7) is 6.91. The van der Waals surface area contributed by atoms with Gasteiger partial charge in [0.1, 0.15) is 6.26 Å². The smallest absolute Gasteiger partial charge is 0.180 e. The van der Waals surface area contributed by atoms with Crippen molar-refractivity contribution >= 4 is 13.3 Å². The highest BCUT2D eigenvalue weighted by Gasteiger charge is 2.16. The third kappa shape index (κ3) is 3.61. The second-order valence-corrected chi connectivity index (χ2v) is 9.02. The number of furan rings is 1. The highest BCUT2D eigenvalue weighted by Crippen LogP contribution is 2.01. The molecule has 0 bridgehead atoms. The van der Waals surface area contributed by atoms with Gasteiger partial charge in [-0.25, -0.2) is 4.98 Å². The Balaban J connectivity index is 0.000000165. The highest BCUT2D eigenvalue weighted by molar-refractivity contribution is 6.88. The van der Waals surface area contributed by atoms with Crippen LogP contribution in [-0.2, 0) is 0 Å². The normalized spacial score (nSPS) is 10.5. The number of hydrogen-bond donors (Lipinski definition) is 0. The molecule has 0 atom stereocenters. The van der Waals surface area contributed by atoms with Crippen LogP contribution in [0.25, 0.3) is 0 Å². The summed E-state index contributed by atoms with van der Waals surface area (Å²) in [5, 5.41) is 1.39. The maximum atomic E-state index is 4.98. The monoisotopic (exact) mass is 209 g/mol. The van der Waals surface area contributed by atoms with Crippen LogP contribution in [0.1, 0.15) is 0 Å². The first-order valence-corrected chi connectivity index (χ1v) is 7.95. The molecule has 0 amide bonds. The highest BCUT2D eigenvalue weighted by atomic mass is 28.3. The third-order valence-corrected chi connectivity index (χ3v) is 3.75. The molecular formula is C10H15NO2Si. The van der Waals surface area contributed by atoms with Crippen molar-refractivity contribution in [1.82, 2.24) is 4.98 Å². The van der Waals surface area contributed by atoms with E-state index < -0.39 is 8.07 Å². The van der Waals surface area contributed by atoms with Gasteiger partial charge in [-0.1, -0.05) is 19.6 Å². The lowest BCUT2D eigenvalue weighted by Gasteiger charge is -2.11. The number of aromatic nitrogens is 1. The Bertz CT molecular complexity index is 304. The zero-order chi connectivity index (χ0) is 10.4. The molecule has 76 valence electrons. The second kappa shape index (κ2) is 4.81. The summed E-state index contributed by atoms with van der Waals surface area (Å²) >= 11 is 0. The molecule has 4 heteroatoms. The Hall–Kier alpha value is -1.29. The second-order valence-electron chi connectivity index (χ2n) is 3.94. The average molecular weight is 209 g/mol. The van der Waals surface area contributed by atoms with Crippen LogP contribution in [0.2, 0.25) is 19.6 Å². The van der Waals surface area contributed by atoms with Crippen LogP contribution in [0.3, 0.4) is 0 Å². The summed E-state index contributed by atoms with van der Waals surface area (Å²) in [6.07, 6.45) is 8.07. The Kier molecular flexibility index (Phi) is 3.70. The molecule has 2 aromatic rings. The van der Waals surface area contributed by atoms with Gasteiger partial charge in [0.05, 0.1) is 26.8 Å². The number of hydrogen-bond acceptors (Lipinski definition) is 3. The van der Waals surface area contributed by atoms with Gasteiger partial charge in [0.2, 0.25) is 0 Å². The van der Waals surface area contributed by atoms with Gasteiger partial charge in [0.15, 0.2) is 6.39 Å². The molecule has 0 aliphatic rings. The van der Waals surface area contributed by atoms with Crippen LogP contribution in [0, 0.1) is 0 Å². The van der Waals surface area contributed by atoms with Gasteiger partial charge < -0.3 is 8.83 Å². The summed E-state index contributed by atoms with van der Waals surface area (Å²) in [5.74, 6) is 0. The van der Waals surface area contributed by atoms with Crippen LogP contribution >= 0.6 is 0 Å². The minimum absolute atomic E-state index is 1.07. The van der Waals surface area contributed by atoms with E-state index in [-0.39, 0.29) is 0 Å². The zero-order valence-electron chi connectivity index (χ0n) is 8.73. The minimum atomic E-state index is -1.07. The maximum Gasteiger partial charge on any atom is 0.180 e. The molecule has 0 spiro atoms. The predicted octanol–water partition coefficient (Wildman–Crippen LogP) is 2.50. The van der Waals surface area contributed by atoms with Crippen LogP contribution in [0.15, 0.2) is 46.3 Å². The van der Waals surface area contributed by atoms with Gasteiger partial charge in [-0.05, 0) is 11.3 Å². The Morgan fingerprint density at radius 3 is 2.14 bits per heavy atom. The fourth-order valence-electron chi connectivity index (χ4n) is 0.867. The van der Waals surface area contributed by atoms with E-state index in [0.29, 0.717) is 0 Å². The van der Waals surface area contributed by atoms with E-state index in [2.05, 4.69) is 35.1 Å². The summed E-state index contributed by atoms with van der Waals surface area (Å²) in [6, 6.07) is 2.06. The molecule has 2 heterocycles. The van der Waals surface area contributed by atoms with Crippen molar-refractivity contribution in [2.24, 2.45) is 0 Å². The quantitative estimate of drug-likeness (QED) is 0.677. The molecule has 2 aromatic heterocycles. The third-order valence-electron chi connectivity index (χ3n) is 1.73. The van der Waals surface area contributed by atoms with E-state index in [9.17, 15) is 0 Å². The molecule has 0 saturated heterocycles. The van der Waals surface area contributed by atoms with Crippen LogP contribution < -0.4 is 5.19 Å². The first kappa shape index (κ1) is 10.8. The molecule has 3 nitrogen and oxygen atoms in total. The molecule has 0 N–H and O–H groups in total. The molecule has 0 aliphatic heterocycles. The fraction of sp³-hybridized carbons (Fsp3) is 0.300. The van der Waals surface area contributed by atoms with Crippen molar-refractivity contribution in [3.8, 4) is 0 Å². The lowest BCUT2D eigenvalue weighted by molar-refractivity contribution is 0.558. The maximum absolute atomic E-state index is 4.98. The predicted molar refractivity (Wildman–Crippen MR) is 58.2 cm³/mol. The van der Waals surface area contributed by atoms with Gasteiger partial charge in [0, 0.05) is 0 Å². The number of oxazole rings is 1. The van der Waals surface area contributed by atoms with Crippen molar-refractivity contribution in [2.75, 3.05) is 0 Å². The average Bonchev–Trinajstić information content (AvgIpc) is 2.80. The summed E-state index contributed by atoms with van der Waals surface area (Å²) in [5.41, 5.74) is 0. The van der Waals surface area contributed by atoms with Gasteiger partial charge in [0.25, 0.3) is 0 Å². The van der Waals surface area contributed by atoms with Crippen molar-refractivity contribution in [3.63, 3.8) is 0 Å². The van der Waals surface area contributed by atoms with E-state index >= 15 is 0 Å². The summed E-state index contributed by atoms with van der Waals surface area (Å²) in [4.78, 5) is 3.56. The molecule has 14 heavy (non-hydrogen) atoms. The molecular weight excluding hydrogens is 194 g/mol. The first-order chi connectivity index (χ1) is 6.61. The largest absolute Gasteiger partial charge is 0.473 e. The minimum Gasteiger partial charge on any atom is -0.473 e. The van der Waals surface area contributed by atoms with E-state index in [1.165, 1.54) is 17.8 Å². The first-order valence-electron chi connectivity index (χ1n) is 4.45. The van der Waals surface area contributed by atoms with Gasteiger partial charge in [-0.2, -0.15) is 0 Å². The molecule has 0 aliphatic carbocycles. The van der Waals surface area contributed by atoms with Gasteiger partial charge in [-0.15, -0.1) is 0 Å². The lowest BCUT2D eigenvalue weighted by atomic mass is 10.7. The number of nitrogens with zero attached hydrogens (tertiary/aromatic N) is 1. The van der Waals surface area contributed by atoms with Crippen molar-refractivity contribution in [1.29, 1.82) is 0 Å². The van der Waals surface area contributed by atoms with E-state index in [4.69, 9.17) is 4.42 Å². The Morgan fingerprint density at radius 2 is 1.93 bits per heavy atom. The lowest BCUT2D eigenvalue weighted by Crippen LogP contribution is -2.36. The summed E-state index contributed by atoms with van der Waals surface area (Å²) in [7, 11) is -1.07. The van der Waals surface area contributed by atoms with Crippen LogP contribution in [-0.4, -0.2) is 13.1 Å². The van der Waals surface area contributed by atoms with E-state index in [0.717, 1.165) is 0 Å². The molecule has 0 aromatic carbocycles. The Labute approximate surface area is 84.8 Å². The van der Waals surface area contributed by atoms with Gasteiger partial charge >= 0.3 is 0 Å². The number of rotatable bonds is 1. The molecule has 0 radical (unpaired) electrons. The van der Waals surface area contributed by atoms with Crippen LogP contribution in [0.4, 0.5) is 0 Å². The SMILES string of the molecule is C[Si](C)(C)c1ccoc1.c1cocn1. The van der Waals surface area contributed by atoms with Crippen molar-refractivity contribution in [2.45, 2.75) is 19.6 Å². The summed E-state index contributed by atoms with van der Waals surface area (Å²) < 4.78 is 9.45. The van der Waals surface area contributed by atoms with E-state index in [1.54, 1.807) is 12.5 Å². The fourth-order valence-corrected chi connectivity index (χ4v) is 1.86. The molecule has 0 saturated carbocycles. The van der Waals surface area contributed by atoms with E-state index in [1.807, 2.05) is 6.26 Å². The molecule has 2 rings (SSSR count). The Morgan fingerprint density at radius 1 is 1.14 bits per heavy atom. The van der Waals surface area contributed by atoms with Crippen molar-refractivity contribution in [3.05, 3.63) is 37.4 Å². The van der Waals surface area contributed by atoms with Gasteiger partial charge in [-0.3, -0.25) is 0 Å². The standard InChI is InChI=1S/C7H12OSi.C3H3NO/c1-9(2,3)7-4-5-8-6-7;1-2-5-3-4-1/h4-6H,1-3H3;1-3H. The zero-order valence-corrected chi connectivity index (χ0v) is 9.73. The van der Waals surface area contributed by atoms with Crippen LogP contribution in [0.5, 0.6) is 0 Å². The molecule has 0 unspecified atom stereocenters.